The first-order valence-electron chi connectivity index (χ1n) is 7.32. The van der Waals surface area contributed by atoms with Crippen LogP contribution >= 0.6 is 0 Å². The number of likely N-dealkylation sites (tertiary alicyclic amines) is 1. The van der Waals surface area contributed by atoms with E-state index >= 15 is 0 Å². The summed E-state index contributed by atoms with van der Waals surface area (Å²) in [6, 6.07) is 4.93. The fourth-order valence-electron chi connectivity index (χ4n) is 2.49. The summed E-state index contributed by atoms with van der Waals surface area (Å²) < 4.78 is 5.44. The highest BCUT2D eigenvalue weighted by Crippen LogP contribution is 2.20. The van der Waals surface area contributed by atoms with Gasteiger partial charge in [-0.15, -0.1) is 0 Å². The van der Waals surface area contributed by atoms with Crippen molar-refractivity contribution in [1.82, 2.24) is 4.90 Å². The number of rotatable bonds is 4. The number of carboxylic acid groups (broad SMARTS) is 1. The molecule has 21 heavy (non-hydrogen) atoms. The standard InChI is InChI=1S/C16H21NO4/c1-12-6-7-14(13(10-12)16(19)20)21-11-15(18)17-8-4-2-3-5-9-17/h6-7,10H,2-5,8-9,11H2,1H3,(H,19,20). The molecule has 114 valence electrons. The predicted octanol–water partition coefficient (Wildman–Crippen LogP) is 2.47. The first-order valence-corrected chi connectivity index (χ1v) is 7.32. The van der Waals surface area contributed by atoms with E-state index < -0.39 is 5.97 Å². The lowest BCUT2D eigenvalue weighted by Crippen LogP contribution is -2.35. The van der Waals surface area contributed by atoms with Gasteiger partial charge in [0.15, 0.2) is 6.61 Å². The molecule has 0 spiro atoms. The number of nitrogens with zero attached hydrogens (tertiary/aromatic N) is 1. The number of carboxylic acids is 1. The monoisotopic (exact) mass is 291 g/mol. The van der Waals surface area contributed by atoms with E-state index in [-0.39, 0.29) is 23.8 Å². The van der Waals surface area contributed by atoms with E-state index in [0.29, 0.717) is 0 Å². The predicted molar refractivity (Wildman–Crippen MR) is 78.7 cm³/mol. The van der Waals surface area contributed by atoms with Crippen molar-refractivity contribution in [2.45, 2.75) is 32.6 Å². The Morgan fingerprint density at radius 3 is 2.48 bits per heavy atom. The van der Waals surface area contributed by atoms with Crippen LogP contribution in [0.1, 0.15) is 41.6 Å². The molecule has 5 nitrogen and oxygen atoms in total. The van der Waals surface area contributed by atoms with E-state index in [1.807, 2.05) is 11.8 Å². The minimum Gasteiger partial charge on any atom is -0.483 e. The van der Waals surface area contributed by atoms with Crippen molar-refractivity contribution >= 4 is 11.9 Å². The smallest absolute Gasteiger partial charge is 0.339 e. The number of carbonyl (C=O) groups excluding carboxylic acids is 1. The molecule has 0 radical (unpaired) electrons. The number of aromatic carboxylic acids is 1. The van der Waals surface area contributed by atoms with Gasteiger partial charge in [-0.25, -0.2) is 4.79 Å². The molecule has 1 fully saturated rings. The van der Waals surface area contributed by atoms with E-state index in [2.05, 4.69) is 0 Å². The van der Waals surface area contributed by atoms with Crippen molar-refractivity contribution in [2.75, 3.05) is 19.7 Å². The van der Waals surface area contributed by atoms with E-state index in [4.69, 9.17) is 9.84 Å². The van der Waals surface area contributed by atoms with Gasteiger partial charge >= 0.3 is 5.97 Å². The third kappa shape index (κ3) is 4.21. The molecule has 0 saturated carbocycles. The molecule has 1 aliphatic rings. The second-order valence-corrected chi connectivity index (χ2v) is 5.39. The van der Waals surface area contributed by atoms with Crippen molar-refractivity contribution in [3.8, 4) is 5.75 Å². The Morgan fingerprint density at radius 1 is 1.19 bits per heavy atom. The van der Waals surface area contributed by atoms with Crippen molar-refractivity contribution in [3.63, 3.8) is 0 Å². The van der Waals surface area contributed by atoms with Gasteiger partial charge in [-0.2, -0.15) is 0 Å². The molecule has 1 saturated heterocycles. The topological polar surface area (TPSA) is 66.8 Å². The molecule has 1 aromatic rings. The Balaban J connectivity index is 1.99. The summed E-state index contributed by atoms with van der Waals surface area (Å²) in [6.45, 7) is 3.24. The van der Waals surface area contributed by atoms with Crippen LogP contribution in [0.4, 0.5) is 0 Å². The van der Waals surface area contributed by atoms with Gasteiger partial charge in [0, 0.05) is 13.1 Å². The molecule has 1 aromatic carbocycles. The lowest BCUT2D eigenvalue weighted by molar-refractivity contribution is -0.133. The first-order chi connectivity index (χ1) is 10.1. The minimum absolute atomic E-state index is 0.0752. The lowest BCUT2D eigenvalue weighted by atomic mass is 10.1. The van der Waals surface area contributed by atoms with Gasteiger partial charge in [-0.3, -0.25) is 4.79 Å². The van der Waals surface area contributed by atoms with Crippen LogP contribution in [-0.2, 0) is 4.79 Å². The van der Waals surface area contributed by atoms with Crippen LogP contribution in [0.2, 0.25) is 0 Å². The number of hydrogen-bond acceptors (Lipinski definition) is 3. The molecule has 2 rings (SSSR count). The number of carbonyl (C=O) groups is 2. The summed E-state index contributed by atoms with van der Waals surface area (Å²) in [5.74, 6) is -0.874. The van der Waals surface area contributed by atoms with Crippen LogP contribution in [0.3, 0.4) is 0 Å². The Bertz CT molecular complexity index is 519. The largest absolute Gasteiger partial charge is 0.483 e. The van der Waals surface area contributed by atoms with Crippen LogP contribution in [0.15, 0.2) is 18.2 Å². The van der Waals surface area contributed by atoms with Crippen LogP contribution in [0.5, 0.6) is 5.75 Å². The maximum atomic E-state index is 12.1. The number of aryl methyl sites for hydroxylation is 1. The number of amides is 1. The average Bonchev–Trinajstić information content (AvgIpc) is 2.74. The fraction of sp³-hybridized carbons (Fsp3) is 0.500. The van der Waals surface area contributed by atoms with Gasteiger partial charge in [0.05, 0.1) is 0 Å². The fourth-order valence-corrected chi connectivity index (χ4v) is 2.49. The van der Waals surface area contributed by atoms with E-state index in [9.17, 15) is 9.59 Å². The molecule has 1 heterocycles. The van der Waals surface area contributed by atoms with Gasteiger partial charge in [0.2, 0.25) is 0 Å². The Labute approximate surface area is 124 Å². The molecule has 1 amide bonds. The SMILES string of the molecule is Cc1ccc(OCC(=O)N2CCCCCC2)c(C(=O)O)c1. The Morgan fingerprint density at radius 2 is 1.86 bits per heavy atom. The second-order valence-electron chi connectivity index (χ2n) is 5.39. The maximum Gasteiger partial charge on any atom is 0.339 e. The maximum absolute atomic E-state index is 12.1. The summed E-state index contributed by atoms with van der Waals surface area (Å²) in [7, 11) is 0. The summed E-state index contributed by atoms with van der Waals surface area (Å²) in [6.07, 6.45) is 4.37. The van der Waals surface area contributed by atoms with Crippen molar-refractivity contribution < 1.29 is 19.4 Å². The molecule has 5 heteroatoms. The Hall–Kier alpha value is -2.04. The third-order valence-electron chi connectivity index (χ3n) is 3.68. The molecule has 0 aliphatic carbocycles. The quantitative estimate of drug-likeness (QED) is 0.925. The summed E-state index contributed by atoms with van der Waals surface area (Å²) in [5, 5.41) is 9.17. The van der Waals surface area contributed by atoms with Gasteiger partial charge in [-0.05, 0) is 31.9 Å². The molecule has 0 atom stereocenters. The van der Waals surface area contributed by atoms with Gasteiger partial charge in [-0.1, -0.05) is 24.5 Å². The second kappa shape index (κ2) is 7.11. The average molecular weight is 291 g/mol. The summed E-state index contributed by atoms with van der Waals surface area (Å²) in [4.78, 5) is 25.1. The summed E-state index contributed by atoms with van der Waals surface area (Å²) >= 11 is 0. The minimum atomic E-state index is -1.05. The van der Waals surface area contributed by atoms with E-state index in [1.165, 1.54) is 0 Å². The molecule has 0 aromatic heterocycles. The zero-order valence-corrected chi connectivity index (χ0v) is 12.3. The molecule has 0 bridgehead atoms. The lowest BCUT2D eigenvalue weighted by Gasteiger charge is -2.20. The molecule has 1 aliphatic heterocycles. The number of ether oxygens (including phenoxy) is 1. The van der Waals surface area contributed by atoms with Crippen LogP contribution in [-0.4, -0.2) is 41.6 Å². The van der Waals surface area contributed by atoms with Gasteiger partial charge < -0.3 is 14.7 Å². The highest BCUT2D eigenvalue weighted by molar-refractivity contribution is 5.91. The van der Waals surface area contributed by atoms with Crippen LogP contribution in [0.25, 0.3) is 0 Å². The summed E-state index contributed by atoms with van der Waals surface area (Å²) in [5.41, 5.74) is 0.942. The van der Waals surface area contributed by atoms with Crippen molar-refractivity contribution in [2.24, 2.45) is 0 Å². The number of benzene rings is 1. The number of hydrogen-bond donors (Lipinski definition) is 1. The zero-order chi connectivity index (χ0) is 15.2. The molecule has 0 unspecified atom stereocenters. The van der Waals surface area contributed by atoms with Gasteiger partial charge in [0.25, 0.3) is 5.91 Å². The van der Waals surface area contributed by atoms with E-state index in [0.717, 1.165) is 44.3 Å². The highest BCUT2D eigenvalue weighted by atomic mass is 16.5. The van der Waals surface area contributed by atoms with Gasteiger partial charge in [0.1, 0.15) is 11.3 Å². The van der Waals surface area contributed by atoms with E-state index in [1.54, 1.807) is 18.2 Å². The Kier molecular flexibility index (Phi) is 5.20. The first kappa shape index (κ1) is 15.4. The highest BCUT2D eigenvalue weighted by Gasteiger charge is 2.18. The van der Waals surface area contributed by atoms with Crippen molar-refractivity contribution in [1.29, 1.82) is 0 Å². The molecule has 1 N–H and O–H groups in total. The van der Waals surface area contributed by atoms with Crippen molar-refractivity contribution in [3.05, 3.63) is 29.3 Å². The van der Waals surface area contributed by atoms with Crippen LogP contribution in [0, 0.1) is 6.92 Å². The zero-order valence-electron chi connectivity index (χ0n) is 12.3. The normalized spacial score (nSPS) is 15.4. The van der Waals surface area contributed by atoms with Crippen LogP contribution < -0.4 is 4.74 Å². The third-order valence-corrected chi connectivity index (χ3v) is 3.68. The molecular formula is C16H21NO4. The molecular weight excluding hydrogens is 270 g/mol.